The average Bonchev–Trinajstić information content (AvgIpc) is 3.30. The number of alkyl carbamates (subject to hydrolysis) is 2. The van der Waals surface area contributed by atoms with Crippen LogP contribution >= 0.6 is 11.6 Å². The van der Waals surface area contributed by atoms with Gasteiger partial charge in [0.2, 0.25) is 0 Å². The summed E-state index contributed by atoms with van der Waals surface area (Å²) < 4.78 is 35.1. The zero-order valence-corrected chi connectivity index (χ0v) is 40.1. The quantitative estimate of drug-likeness (QED) is 0.0642. The first-order chi connectivity index (χ1) is 32.7. The highest BCUT2D eigenvalue weighted by Crippen LogP contribution is 2.31. The molecule has 69 heavy (non-hydrogen) atoms. The first-order valence-electron chi connectivity index (χ1n) is 21.7. The topological polar surface area (TPSA) is 276 Å². The Morgan fingerprint density at radius 1 is 0.739 bits per heavy atom. The lowest BCUT2D eigenvalue weighted by Gasteiger charge is -2.44. The minimum absolute atomic E-state index is 0.117. The molecular weight excluding hydrogens is 928 g/mol. The molecule has 3 aromatic rings. The van der Waals surface area contributed by atoms with E-state index in [2.05, 4.69) is 10.6 Å². The van der Waals surface area contributed by atoms with Crippen LogP contribution in [0, 0.1) is 10.1 Å². The fourth-order valence-electron chi connectivity index (χ4n) is 6.75. The Hall–Kier alpha value is -7.08. The number of carbonyl (C=O) groups is 7. The van der Waals surface area contributed by atoms with Crippen LogP contribution in [0.3, 0.4) is 0 Å². The van der Waals surface area contributed by atoms with E-state index in [4.69, 9.17) is 40.0 Å². The molecule has 4 rings (SSSR count). The number of rotatable bonds is 15. The molecule has 0 saturated carbocycles. The molecule has 0 aliphatic carbocycles. The van der Waals surface area contributed by atoms with Crippen molar-refractivity contribution in [2.24, 2.45) is 0 Å². The van der Waals surface area contributed by atoms with Crippen LogP contribution in [0.2, 0.25) is 5.02 Å². The maximum Gasteiger partial charge on any atom is 0.426 e. The Morgan fingerprint density at radius 3 is 1.80 bits per heavy atom. The lowest BCUT2D eigenvalue weighted by Crippen LogP contribution is -2.64. The SMILES string of the molecule is CCN(CC)C(=O)N(C(=O)OC[C@H]1OC(OC)[C@H](OCc2ccc(C(C)(C)C)cc2)[C@@H](OC(=O)NC(=O)Nc2ccccc2[N+](=O)[O-])[C@H]1OC(=O)NC(=O)Nc1ccc(Cl)cc1)C(=O)N(CC)CC. The lowest BCUT2D eigenvalue weighted by molar-refractivity contribution is -0.383. The average molecular weight is 985 g/mol. The van der Waals surface area contributed by atoms with Gasteiger partial charge in [-0.3, -0.25) is 10.1 Å². The van der Waals surface area contributed by atoms with Crippen LogP contribution in [0.1, 0.15) is 59.6 Å². The monoisotopic (exact) mass is 984 g/mol. The Bertz CT molecular complexity index is 2270. The molecule has 0 spiro atoms. The van der Waals surface area contributed by atoms with Crippen LogP contribution in [-0.4, -0.2) is 133 Å². The van der Waals surface area contributed by atoms with E-state index in [1.807, 2.05) is 43.5 Å². The minimum atomic E-state index is -1.92. The third-order valence-corrected chi connectivity index (χ3v) is 10.7. The van der Waals surface area contributed by atoms with E-state index in [1.54, 1.807) is 39.8 Å². The summed E-state index contributed by atoms with van der Waals surface area (Å²) in [5.74, 6) is 0. The first kappa shape index (κ1) is 54.5. The molecule has 1 aliphatic heterocycles. The van der Waals surface area contributed by atoms with Crippen molar-refractivity contribution < 1.29 is 66.9 Å². The second-order valence-corrected chi connectivity index (χ2v) is 16.4. The Labute approximate surface area is 403 Å². The predicted molar refractivity (Wildman–Crippen MR) is 249 cm³/mol. The van der Waals surface area contributed by atoms with Gasteiger partial charge in [-0.25, -0.2) is 44.2 Å². The first-order valence-corrected chi connectivity index (χ1v) is 22.1. The van der Waals surface area contributed by atoms with Crippen molar-refractivity contribution in [3.63, 3.8) is 0 Å². The fraction of sp³-hybridized carbons (Fsp3) is 0.444. The highest BCUT2D eigenvalue weighted by atomic mass is 35.5. The summed E-state index contributed by atoms with van der Waals surface area (Å²) in [6.45, 7) is 12.0. The van der Waals surface area contributed by atoms with E-state index in [1.165, 1.54) is 59.4 Å². The summed E-state index contributed by atoms with van der Waals surface area (Å²) in [5, 5.41) is 20.5. The number of urea groups is 4. The van der Waals surface area contributed by atoms with Crippen LogP contribution < -0.4 is 21.3 Å². The lowest BCUT2D eigenvalue weighted by atomic mass is 9.87. The van der Waals surface area contributed by atoms with Crippen molar-refractivity contribution in [2.75, 3.05) is 50.5 Å². The van der Waals surface area contributed by atoms with Crippen LogP contribution in [0.15, 0.2) is 72.8 Å². The number of nitrogens with one attached hydrogen (secondary N) is 4. The van der Waals surface area contributed by atoms with Crippen LogP contribution in [-0.2, 0) is 40.4 Å². The van der Waals surface area contributed by atoms with Gasteiger partial charge in [0.05, 0.1) is 11.5 Å². The van der Waals surface area contributed by atoms with Crippen molar-refractivity contribution in [3.8, 4) is 0 Å². The standard InChI is InChI=1S/C45H57ClN8O15/c1-9-51(10-2)42(59)53(43(60)52(11-3)12-4)44(61)66-26-33-34(68-40(57)49-38(55)47-30-23-21-29(46)22-24-30)35(69-41(58)50-39(56)48-31-15-13-14-16-32(31)54(62)63)36(37(64-8)67-33)65-25-27-17-19-28(20-18-27)45(5,6)7/h13-24,33-37H,9-12,25-26H2,1-8H3,(H2,47,49,55,57)(H2,48,50,56,58)/t33-,34+,35+,36-,37?/m1/s1. The number of hydrogen-bond donors (Lipinski definition) is 4. The van der Waals surface area contributed by atoms with Gasteiger partial charge in [-0.1, -0.05) is 68.8 Å². The number of benzene rings is 3. The van der Waals surface area contributed by atoms with Gasteiger partial charge >= 0.3 is 42.4 Å². The van der Waals surface area contributed by atoms with Crippen molar-refractivity contribution in [1.29, 1.82) is 0 Å². The van der Waals surface area contributed by atoms with Crippen LogP contribution in [0.4, 0.5) is 50.6 Å². The molecule has 0 aromatic heterocycles. The van der Waals surface area contributed by atoms with Gasteiger partial charge in [0.1, 0.15) is 24.5 Å². The largest absolute Gasteiger partial charge is 0.446 e. The summed E-state index contributed by atoms with van der Waals surface area (Å²) in [6.07, 6.45) is -13.0. The number of nitrogens with zero attached hydrogens (tertiary/aromatic N) is 4. The molecule has 1 aliphatic rings. The molecule has 4 N–H and O–H groups in total. The highest BCUT2D eigenvalue weighted by molar-refractivity contribution is 6.30. The van der Waals surface area contributed by atoms with Gasteiger partial charge < -0.3 is 48.9 Å². The molecule has 374 valence electrons. The number of para-hydroxylation sites is 2. The third-order valence-electron chi connectivity index (χ3n) is 10.5. The second-order valence-electron chi connectivity index (χ2n) is 16.0. The van der Waals surface area contributed by atoms with Crippen molar-refractivity contribution in [2.45, 2.75) is 91.2 Å². The number of ether oxygens (including phenoxy) is 6. The van der Waals surface area contributed by atoms with Gasteiger partial charge in [0, 0.05) is 50.1 Å². The Morgan fingerprint density at radius 2 is 1.28 bits per heavy atom. The van der Waals surface area contributed by atoms with Crippen molar-refractivity contribution in [1.82, 2.24) is 25.3 Å². The molecule has 1 fully saturated rings. The number of nitro groups is 1. The zero-order chi connectivity index (χ0) is 51.0. The number of amides is 11. The molecule has 1 unspecified atom stereocenters. The summed E-state index contributed by atoms with van der Waals surface area (Å²) in [6, 6.07) is 13.9. The molecule has 0 radical (unpaired) electrons. The van der Waals surface area contributed by atoms with Gasteiger partial charge in [-0.15, -0.1) is 4.90 Å². The van der Waals surface area contributed by atoms with E-state index < -0.39 is 90.3 Å². The molecule has 0 bridgehead atoms. The maximum absolute atomic E-state index is 13.9. The number of anilines is 2. The van der Waals surface area contributed by atoms with Crippen molar-refractivity contribution in [3.05, 3.63) is 99.1 Å². The van der Waals surface area contributed by atoms with Crippen molar-refractivity contribution >= 4 is 71.1 Å². The predicted octanol–water partition coefficient (Wildman–Crippen LogP) is 7.82. The molecule has 1 saturated heterocycles. The molecule has 24 heteroatoms. The summed E-state index contributed by atoms with van der Waals surface area (Å²) >= 11 is 5.95. The fourth-order valence-corrected chi connectivity index (χ4v) is 6.88. The maximum atomic E-state index is 13.9. The summed E-state index contributed by atoms with van der Waals surface area (Å²) in [5.41, 5.74) is 0.887. The van der Waals surface area contributed by atoms with E-state index in [0.29, 0.717) is 15.5 Å². The molecule has 5 atom stereocenters. The summed E-state index contributed by atoms with van der Waals surface area (Å²) in [4.78, 5) is 108. The zero-order valence-electron chi connectivity index (χ0n) is 39.3. The smallest absolute Gasteiger partial charge is 0.426 e. The van der Waals surface area contributed by atoms with Gasteiger partial charge in [-0.2, -0.15) is 0 Å². The number of hydrogen-bond acceptors (Lipinski definition) is 15. The number of carbonyl (C=O) groups excluding carboxylic acids is 7. The van der Waals surface area contributed by atoms with E-state index in [0.717, 1.165) is 11.6 Å². The Kier molecular flexibility index (Phi) is 20.0. The van der Waals surface area contributed by atoms with E-state index in [9.17, 15) is 43.7 Å². The van der Waals surface area contributed by atoms with E-state index >= 15 is 0 Å². The van der Waals surface area contributed by atoms with Crippen LogP contribution in [0.25, 0.3) is 0 Å². The number of methoxy groups -OCH3 is 1. The van der Waals surface area contributed by atoms with Gasteiger partial charge in [0.25, 0.3) is 5.69 Å². The normalized spacial score (nSPS) is 17.6. The van der Waals surface area contributed by atoms with E-state index in [-0.39, 0.29) is 49.6 Å². The number of halogens is 1. The summed E-state index contributed by atoms with van der Waals surface area (Å²) in [7, 11) is 1.20. The molecular formula is C45H57ClN8O15. The minimum Gasteiger partial charge on any atom is -0.446 e. The Balaban J connectivity index is 1.75. The highest BCUT2D eigenvalue weighted by Gasteiger charge is 2.52. The van der Waals surface area contributed by atoms with Gasteiger partial charge in [0.15, 0.2) is 18.5 Å². The number of imide groups is 5. The van der Waals surface area contributed by atoms with Gasteiger partial charge in [-0.05, 0) is 74.6 Å². The second kappa shape index (κ2) is 25.3. The third kappa shape index (κ3) is 15.2. The molecule has 23 nitrogen and oxygen atoms in total. The number of nitro benzene ring substituents is 1. The molecule has 3 aromatic carbocycles. The van der Waals surface area contributed by atoms with Crippen LogP contribution in [0.5, 0.6) is 0 Å². The molecule has 1 heterocycles. The molecule has 11 amide bonds.